The molecule has 0 amide bonds. The number of halogens is 1. The van der Waals surface area contributed by atoms with E-state index in [0.29, 0.717) is 12.6 Å². The monoisotopic (exact) mass is 268 g/mol. The van der Waals surface area contributed by atoms with Crippen LogP contribution in [-0.4, -0.2) is 24.3 Å². The second kappa shape index (κ2) is 6.41. The number of rotatable bonds is 6. The highest BCUT2D eigenvalue weighted by Gasteiger charge is 2.26. The Bertz CT molecular complexity index is 393. The van der Waals surface area contributed by atoms with Crippen molar-refractivity contribution in [3.63, 3.8) is 0 Å². The highest BCUT2D eigenvalue weighted by Crippen LogP contribution is 2.33. The summed E-state index contributed by atoms with van der Waals surface area (Å²) in [4.78, 5) is 2.37. The number of nitrogens with zero attached hydrogens (tertiary/aromatic N) is 1. The van der Waals surface area contributed by atoms with Gasteiger partial charge in [-0.15, -0.1) is 0 Å². The highest BCUT2D eigenvalue weighted by atomic mass is 35.5. The number of hydrogen-bond donors (Lipinski definition) is 2. The molecule has 100 valence electrons. The van der Waals surface area contributed by atoms with Crippen molar-refractivity contribution >= 4 is 17.3 Å². The van der Waals surface area contributed by atoms with E-state index in [2.05, 4.69) is 4.90 Å². The van der Waals surface area contributed by atoms with Gasteiger partial charge in [0.2, 0.25) is 0 Å². The molecule has 1 aliphatic carbocycles. The van der Waals surface area contributed by atoms with Crippen LogP contribution in [0.3, 0.4) is 0 Å². The van der Waals surface area contributed by atoms with E-state index in [1.54, 1.807) is 0 Å². The van der Waals surface area contributed by atoms with Gasteiger partial charge in [-0.25, -0.2) is 0 Å². The zero-order valence-corrected chi connectivity index (χ0v) is 11.4. The van der Waals surface area contributed by atoms with Crippen LogP contribution in [0.4, 0.5) is 5.69 Å². The van der Waals surface area contributed by atoms with Crippen molar-refractivity contribution in [3.8, 4) is 0 Å². The molecule has 3 nitrogen and oxygen atoms in total. The third-order valence-electron chi connectivity index (χ3n) is 3.65. The Morgan fingerprint density at radius 2 is 2.17 bits per heavy atom. The molecule has 1 saturated carbocycles. The maximum Gasteiger partial charge on any atom is 0.0447 e. The maximum absolute atomic E-state index is 9.04. The summed E-state index contributed by atoms with van der Waals surface area (Å²) < 4.78 is 0. The van der Waals surface area contributed by atoms with Crippen molar-refractivity contribution in [2.75, 3.05) is 18.1 Å². The average Bonchev–Trinajstić information content (AvgIpc) is 2.32. The fourth-order valence-electron chi connectivity index (χ4n) is 2.42. The smallest absolute Gasteiger partial charge is 0.0447 e. The van der Waals surface area contributed by atoms with Gasteiger partial charge >= 0.3 is 0 Å². The minimum atomic E-state index is 0.224. The summed E-state index contributed by atoms with van der Waals surface area (Å²) in [5, 5.41) is 9.78. The van der Waals surface area contributed by atoms with Gasteiger partial charge in [0.15, 0.2) is 0 Å². The lowest BCUT2D eigenvalue weighted by Gasteiger charge is -2.40. The number of benzene rings is 1. The van der Waals surface area contributed by atoms with Crippen LogP contribution in [0, 0.1) is 0 Å². The third kappa shape index (κ3) is 2.97. The first kappa shape index (κ1) is 13.7. The molecule has 18 heavy (non-hydrogen) atoms. The van der Waals surface area contributed by atoms with E-state index >= 15 is 0 Å². The largest absolute Gasteiger partial charge is 0.396 e. The molecule has 0 spiro atoms. The minimum absolute atomic E-state index is 0.224. The van der Waals surface area contributed by atoms with Crippen LogP contribution in [0.15, 0.2) is 18.2 Å². The van der Waals surface area contributed by atoms with Crippen molar-refractivity contribution in [3.05, 3.63) is 28.8 Å². The van der Waals surface area contributed by atoms with Crippen LogP contribution in [0.1, 0.15) is 31.2 Å². The van der Waals surface area contributed by atoms with Crippen molar-refractivity contribution < 1.29 is 5.11 Å². The summed E-state index contributed by atoms with van der Waals surface area (Å²) in [5.41, 5.74) is 8.08. The molecule has 2 rings (SSSR count). The third-order valence-corrected chi connectivity index (χ3v) is 3.88. The molecular weight excluding hydrogens is 248 g/mol. The summed E-state index contributed by atoms with van der Waals surface area (Å²) in [6.45, 7) is 1.62. The Kier molecular flexibility index (Phi) is 4.87. The molecular formula is C14H21ClN2O. The molecule has 1 fully saturated rings. The summed E-state index contributed by atoms with van der Waals surface area (Å²) in [6.07, 6.45) is 4.52. The van der Waals surface area contributed by atoms with Crippen LogP contribution in [-0.2, 0) is 6.54 Å². The predicted molar refractivity (Wildman–Crippen MR) is 76.0 cm³/mol. The van der Waals surface area contributed by atoms with Crippen LogP contribution in [0.5, 0.6) is 0 Å². The van der Waals surface area contributed by atoms with Gasteiger partial charge in [-0.05, 0) is 43.4 Å². The fourth-order valence-corrected chi connectivity index (χ4v) is 2.58. The second-order valence-corrected chi connectivity index (χ2v) is 5.27. The second-order valence-electron chi connectivity index (χ2n) is 4.83. The van der Waals surface area contributed by atoms with E-state index in [1.807, 2.05) is 18.2 Å². The zero-order chi connectivity index (χ0) is 13.0. The summed E-state index contributed by atoms with van der Waals surface area (Å²) in [6, 6.07) is 6.47. The van der Waals surface area contributed by atoms with E-state index in [-0.39, 0.29) is 6.61 Å². The van der Waals surface area contributed by atoms with Gasteiger partial charge in [-0.1, -0.05) is 17.7 Å². The highest BCUT2D eigenvalue weighted by molar-refractivity contribution is 6.30. The van der Waals surface area contributed by atoms with Gasteiger partial charge in [-0.2, -0.15) is 0 Å². The average molecular weight is 269 g/mol. The molecule has 1 aromatic carbocycles. The van der Waals surface area contributed by atoms with Gasteiger partial charge in [0.25, 0.3) is 0 Å². The lowest BCUT2D eigenvalue weighted by molar-refractivity contribution is 0.283. The normalized spacial score (nSPS) is 15.5. The number of nitrogens with two attached hydrogens (primary N) is 1. The summed E-state index contributed by atoms with van der Waals surface area (Å²) >= 11 is 6.10. The van der Waals surface area contributed by atoms with E-state index in [0.717, 1.165) is 29.2 Å². The Balaban J connectivity index is 2.24. The number of anilines is 1. The summed E-state index contributed by atoms with van der Waals surface area (Å²) in [7, 11) is 0. The van der Waals surface area contributed by atoms with Gasteiger partial charge in [-0.3, -0.25) is 0 Å². The van der Waals surface area contributed by atoms with Gasteiger partial charge < -0.3 is 15.7 Å². The Hall–Kier alpha value is -0.770. The molecule has 0 aromatic heterocycles. The number of aliphatic hydroxyl groups excluding tert-OH is 1. The molecule has 1 aromatic rings. The van der Waals surface area contributed by atoms with Gasteiger partial charge in [0.05, 0.1) is 0 Å². The van der Waals surface area contributed by atoms with Crippen molar-refractivity contribution in [1.29, 1.82) is 0 Å². The molecule has 0 saturated heterocycles. The minimum Gasteiger partial charge on any atom is -0.396 e. The van der Waals surface area contributed by atoms with Crippen molar-refractivity contribution in [2.45, 2.75) is 38.3 Å². The topological polar surface area (TPSA) is 49.5 Å². The molecule has 0 aliphatic heterocycles. The maximum atomic E-state index is 9.04. The van der Waals surface area contributed by atoms with Gasteiger partial charge in [0.1, 0.15) is 0 Å². The van der Waals surface area contributed by atoms with E-state index < -0.39 is 0 Å². The van der Waals surface area contributed by atoms with E-state index in [1.165, 1.54) is 19.3 Å². The molecule has 4 heteroatoms. The molecule has 0 atom stereocenters. The first-order valence-electron chi connectivity index (χ1n) is 6.62. The first-order valence-corrected chi connectivity index (χ1v) is 7.00. The van der Waals surface area contributed by atoms with E-state index in [9.17, 15) is 0 Å². The quantitative estimate of drug-likeness (QED) is 0.834. The molecule has 3 N–H and O–H groups in total. The first-order chi connectivity index (χ1) is 8.76. The predicted octanol–water partition coefficient (Wildman–Crippen LogP) is 2.54. The Labute approximate surface area is 114 Å². The van der Waals surface area contributed by atoms with Crippen LogP contribution in [0.2, 0.25) is 5.02 Å². The number of aliphatic hydroxyl groups is 1. The lowest BCUT2D eigenvalue weighted by Crippen LogP contribution is -2.41. The summed E-state index contributed by atoms with van der Waals surface area (Å²) in [5.74, 6) is 0. The number of hydrogen-bond acceptors (Lipinski definition) is 3. The standard InChI is InChI=1S/C14H21ClN2O/c15-12-6-5-11(10-16)14(9-12)17(7-2-8-18)13-3-1-4-13/h5-6,9,13,18H,1-4,7-8,10,16H2. The Morgan fingerprint density at radius 3 is 2.72 bits per heavy atom. The van der Waals surface area contributed by atoms with Crippen molar-refractivity contribution in [2.24, 2.45) is 5.73 Å². The van der Waals surface area contributed by atoms with Crippen LogP contribution >= 0.6 is 11.6 Å². The molecule has 0 heterocycles. The molecule has 1 aliphatic rings. The Morgan fingerprint density at radius 1 is 1.39 bits per heavy atom. The molecule has 0 bridgehead atoms. The zero-order valence-electron chi connectivity index (χ0n) is 10.6. The SMILES string of the molecule is NCc1ccc(Cl)cc1N(CCCO)C1CCC1. The van der Waals surface area contributed by atoms with Gasteiger partial charge in [0, 0.05) is 36.4 Å². The molecule has 0 radical (unpaired) electrons. The lowest BCUT2D eigenvalue weighted by atomic mass is 9.90. The van der Waals surface area contributed by atoms with E-state index in [4.69, 9.17) is 22.4 Å². The molecule has 0 unspecified atom stereocenters. The van der Waals surface area contributed by atoms with Crippen molar-refractivity contribution in [1.82, 2.24) is 0 Å². The fraction of sp³-hybridized carbons (Fsp3) is 0.571. The van der Waals surface area contributed by atoms with Crippen LogP contribution in [0.25, 0.3) is 0 Å². The van der Waals surface area contributed by atoms with Crippen LogP contribution < -0.4 is 10.6 Å².